The van der Waals surface area contributed by atoms with Crippen LogP contribution in [0.4, 0.5) is 0 Å². The Balaban J connectivity index is 2.38. The lowest BCUT2D eigenvalue weighted by molar-refractivity contribution is -0.122. The molecular formula is C8H10N2OS. The molecule has 1 aromatic rings. The number of nitrogens with one attached hydrogen (secondary N) is 1. The number of thiazole rings is 1. The van der Waals surface area contributed by atoms with Crippen LogP contribution in [0.5, 0.6) is 0 Å². The Bertz CT molecular complexity index is 296. The van der Waals surface area contributed by atoms with Crippen molar-refractivity contribution in [3.63, 3.8) is 0 Å². The quantitative estimate of drug-likeness (QED) is 0.702. The molecule has 0 aromatic carbocycles. The Morgan fingerprint density at radius 2 is 2.58 bits per heavy atom. The van der Waals surface area contributed by atoms with Crippen LogP contribution in [0.3, 0.4) is 0 Å². The molecule has 0 radical (unpaired) electrons. The van der Waals surface area contributed by atoms with Gasteiger partial charge in [0.1, 0.15) is 5.54 Å². The van der Waals surface area contributed by atoms with E-state index in [2.05, 4.69) is 10.3 Å². The third-order valence-electron chi connectivity index (χ3n) is 2.31. The fourth-order valence-corrected chi connectivity index (χ4v) is 2.24. The third-order valence-corrected chi connectivity index (χ3v) is 3.31. The van der Waals surface area contributed by atoms with Crippen molar-refractivity contribution >= 4 is 17.1 Å². The normalized spacial score (nSPS) is 29.6. The number of aromatic nitrogens is 1. The van der Waals surface area contributed by atoms with Gasteiger partial charge in [0.25, 0.3) is 0 Å². The van der Waals surface area contributed by atoms with Gasteiger partial charge in [-0.3, -0.25) is 9.78 Å². The number of carbonyl (C=O) groups excluding carboxylic acids is 1. The molecule has 64 valence electrons. The van der Waals surface area contributed by atoms with Gasteiger partial charge in [-0.2, -0.15) is 0 Å². The number of nitrogens with zero attached hydrogens (tertiary/aromatic N) is 1. The highest BCUT2D eigenvalue weighted by Crippen LogP contribution is 2.29. The Hall–Kier alpha value is -0.740. The predicted octanol–water partition coefficient (Wildman–Crippen LogP) is 0.921. The molecule has 1 aliphatic heterocycles. The molecule has 0 saturated carbocycles. The van der Waals surface area contributed by atoms with E-state index in [0.717, 1.165) is 11.4 Å². The van der Waals surface area contributed by atoms with E-state index < -0.39 is 5.54 Å². The number of Topliss-reactive ketones (excluding diaryl/α,β-unsaturated/α-hetero) is 1. The highest BCUT2D eigenvalue weighted by atomic mass is 32.1. The molecule has 1 atom stereocenters. The van der Waals surface area contributed by atoms with Crippen LogP contribution in [-0.4, -0.2) is 17.3 Å². The van der Waals surface area contributed by atoms with Crippen LogP contribution in [0, 0.1) is 0 Å². The van der Waals surface area contributed by atoms with Crippen molar-refractivity contribution in [3.8, 4) is 0 Å². The lowest BCUT2D eigenvalue weighted by atomic mass is 9.98. The fraction of sp³-hybridized carbons (Fsp3) is 0.500. The summed E-state index contributed by atoms with van der Waals surface area (Å²) < 4.78 is 0. The minimum absolute atomic E-state index is 0.270. The van der Waals surface area contributed by atoms with Crippen LogP contribution >= 0.6 is 11.3 Å². The van der Waals surface area contributed by atoms with Gasteiger partial charge in [-0.25, -0.2) is 0 Å². The number of hydrogen-bond acceptors (Lipinski definition) is 4. The van der Waals surface area contributed by atoms with Crippen LogP contribution in [0.2, 0.25) is 0 Å². The molecule has 12 heavy (non-hydrogen) atoms. The number of carbonyl (C=O) groups is 1. The summed E-state index contributed by atoms with van der Waals surface area (Å²) >= 11 is 1.53. The smallest absolute Gasteiger partial charge is 0.159 e. The Labute approximate surface area is 74.8 Å². The van der Waals surface area contributed by atoms with Crippen LogP contribution in [0.15, 0.2) is 11.7 Å². The SMILES string of the molecule is CC1(c2cncs2)NCCC1=O. The first-order chi connectivity index (χ1) is 5.73. The minimum Gasteiger partial charge on any atom is -0.300 e. The molecule has 2 heterocycles. The molecule has 1 aromatic heterocycles. The zero-order valence-corrected chi connectivity index (χ0v) is 7.65. The van der Waals surface area contributed by atoms with Gasteiger partial charge >= 0.3 is 0 Å². The second-order valence-corrected chi connectivity index (χ2v) is 3.98. The Morgan fingerprint density at radius 3 is 3.08 bits per heavy atom. The average Bonchev–Trinajstić information content (AvgIpc) is 2.62. The summed E-state index contributed by atoms with van der Waals surface area (Å²) in [4.78, 5) is 16.5. The largest absolute Gasteiger partial charge is 0.300 e. The van der Waals surface area contributed by atoms with Crippen molar-refractivity contribution in [1.82, 2.24) is 10.3 Å². The van der Waals surface area contributed by atoms with Gasteiger partial charge in [0.15, 0.2) is 5.78 Å². The van der Waals surface area contributed by atoms with Crippen molar-refractivity contribution in [1.29, 1.82) is 0 Å². The first-order valence-electron chi connectivity index (χ1n) is 3.91. The zero-order valence-electron chi connectivity index (χ0n) is 6.83. The average molecular weight is 182 g/mol. The highest BCUT2D eigenvalue weighted by molar-refractivity contribution is 7.09. The molecule has 0 aliphatic carbocycles. The van der Waals surface area contributed by atoms with Gasteiger partial charge in [-0.1, -0.05) is 0 Å². The van der Waals surface area contributed by atoms with Gasteiger partial charge in [0, 0.05) is 19.2 Å². The summed E-state index contributed by atoms with van der Waals surface area (Å²) in [6, 6.07) is 0. The van der Waals surface area contributed by atoms with E-state index in [-0.39, 0.29) is 5.78 Å². The number of ketones is 1. The van der Waals surface area contributed by atoms with Crippen LogP contribution in [0.1, 0.15) is 18.2 Å². The van der Waals surface area contributed by atoms with E-state index in [9.17, 15) is 4.79 Å². The van der Waals surface area contributed by atoms with Crippen molar-refractivity contribution in [2.24, 2.45) is 0 Å². The summed E-state index contributed by atoms with van der Waals surface area (Å²) in [5, 5.41) is 3.21. The van der Waals surface area contributed by atoms with Crippen molar-refractivity contribution in [2.75, 3.05) is 6.54 Å². The summed E-state index contributed by atoms with van der Waals surface area (Å²) in [5.74, 6) is 0.270. The third kappa shape index (κ3) is 0.990. The van der Waals surface area contributed by atoms with E-state index in [1.807, 2.05) is 6.92 Å². The molecule has 3 nitrogen and oxygen atoms in total. The predicted molar refractivity (Wildman–Crippen MR) is 47.1 cm³/mol. The molecule has 2 rings (SSSR count). The molecule has 0 bridgehead atoms. The van der Waals surface area contributed by atoms with Gasteiger partial charge < -0.3 is 5.32 Å². The fourth-order valence-electron chi connectivity index (χ4n) is 1.46. The van der Waals surface area contributed by atoms with Gasteiger partial charge in [0.05, 0.1) is 10.4 Å². The van der Waals surface area contributed by atoms with Crippen molar-refractivity contribution in [3.05, 3.63) is 16.6 Å². The van der Waals surface area contributed by atoms with E-state index in [4.69, 9.17) is 0 Å². The number of hydrogen-bond donors (Lipinski definition) is 1. The molecule has 1 unspecified atom stereocenters. The second-order valence-electron chi connectivity index (χ2n) is 3.09. The zero-order chi connectivity index (χ0) is 8.60. The van der Waals surface area contributed by atoms with Gasteiger partial charge in [-0.15, -0.1) is 11.3 Å². The topological polar surface area (TPSA) is 42.0 Å². The summed E-state index contributed by atoms with van der Waals surface area (Å²) in [7, 11) is 0. The van der Waals surface area contributed by atoms with Gasteiger partial charge in [0.2, 0.25) is 0 Å². The number of rotatable bonds is 1. The Kier molecular flexibility index (Phi) is 1.73. The molecule has 4 heteroatoms. The van der Waals surface area contributed by atoms with Crippen LogP contribution in [0.25, 0.3) is 0 Å². The van der Waals surface area contributed by atoms with Gasteiger partial charge in [-0.05, 0) is 6.92 Å². The molecule has 0 spiro atoms. The summed E-state index contributed by atoms with van der Waals surface area (Å²) in [5.41, 5.74) is 1.30. The maximum atomic E-state index is 11.5. The van der Waals surface area contributed by atoms with Crippen LogP contribution < -0.4 is 5.32 Å². The summed E-state index contributed by atoms with van der Waals surface area (Å²) in [6.07, 6.45) is 2.40. The minimum atomic E-state index is -0.457. The van der Waals surface area contributed by atoms with E-state index >= 15 is 0 Å². The Morgan fingerprint density at radius 1 is 1.75 bits per heavy atom. The lowest BCUT2D eigenvalue weighted by Gasteiger charge is -2.19. The standard InChI is InChI=1S/C8H10N2OS/c1-8(6(11)2-3-10-8)7-4-9-5-12-7/h4-5,10H,2-3H2,1H3. The molecule has 1 N–H and O–H groups in total. The van der Waals surface area contributed by atoms with E-state index in [1.54, 1.807) is 11.7 Å². The summed E-state index contributed by atoms with van der Waals surface area (Å²) in [6.45, 7) is 2.71. The molecular weight excluding hydrogens is 172 g/mol. The van der Waals surface area contributed by atoms with E-state index in [0.29, 0.717) is 6.42 Å². The van der Waals surface area contributed by atoms with Crippen molar-refractivity contribution in [2.45, 2.75) is 18.9 Å². The van der Waals surface area contributed by atoms with Crippen LogP contribution in [-0.2, 0) is 10.3 Å². The second kappa shape index (κ2) is 2.64. The first-order valence-corrected chi connectivity index (χ1v) is 4.79. The maximum Gasteiger partial charge on any atom is 0.159 e. The lowest BCUT2D eigenvalue weighted by Crippen LogP contribution is -2.38. The maximum absolute atomic E-state index is 11.5. The first kappa shape index (κ1) is 7.89. The van der Waals surface area contributed by atoms with Crippen molar-refractivity contribution < 1.29 is 4.79 Å². The highest BCUT2D eigenvalue weighted by Gasteiger charge is 2.39. The monoisotopic (exact) mass is 182 g/mol. The molecule has 1 saturated heterocycles. The molecule has 1 aliphatic rings. The molecule has 0 amide bonds. The van der Waals surface area contributed by atoms with E-state index in [1.165, 1.54) is 11.3 Å². The molecule has 1 fully saturated rings.